The van der Waals surface area contributed by atoms with E-state index in [-0.39, 0.29) is 30.2 Å². The van der Waals surface area contributed by atoms with Gasteiger partial charge in [-0.2, -0.15) is 0 Å². The summed E-state index contributed by atoms with van der Waals surface area (Å²) in [4.78, 5) is 54.0. The predicted octanol–water partition coefficient (Wildman–Crippen LogP) is 4.30. The fourth-order valence-electron chi connectivity index (χ4n) is 5.55. The molecule has 1 saturated carbocycles. The van der Waals surface area contributed by atoms with E-state index in [1.165, 1.54) is 6.33 Å². The highest BCUT2D eigenvalue weighted by molar-refractivity contribution is 9.10. The van der Waals surface area contributed by atoms with Crippen molar-refractivity contribution in [3.05, 3.63) is 47.3 Å². The van der Waals surface area contributed by atoms with Crippen LogP contribution in [0, 0.1) is 5.92 Å². The van der Waals surface area contributed by atoms with Crippen molar-refractivity contribution in [3.8, 4) is 0 Å². The Hall–Kier alpha value is -4.26. The number of nitrogens with two attached hydrogens (primary N) is 1. The van der Waals surface area contributed by atoms with Crippen LogP contribution in [-0.2, 0) is 20.9 Å². The van der Waals surface area contributed by atoms with Crippen molar-refractivity contribution in [3.63, 3.8) is 0 Å². The van der Waals surface area contributed by atoms with Crippen molar-refractivity contribution >= 4 is 73.1 Å². The Labute approximate surface area is 243 Å². The second kappa shape index (κ2) is 9.98. The zero-order valence-electron chi connectivity index (χ0n) is 22.7. The predicted molar refractivity (Wildman–Crippen MR) is 157 cm³/mol. The summed E-state index contributed by atoms with van der Waals surface area (Å²) in [6.45, 7) is 5.31. The van der Waals surface area contributed by atoms with Crippen molar-refractivity contribution in [1.82, 2.24) is 24.4 Å². The van der Waals surface area contributed by atoms with Crippen LogP contribution < -0.4 is 16.4 Å². The molecule has 1 saturated heterocycles. The van der Waals surface area contributed by atoms with Crippen LogP contribution in [0.5, 0.6) is 0 Å². The smallest absolute Gasteiger partial charge is 0.412 e. The molecule has 4 N–H and O–H groups in total. The SMILES string of the molecule is CC(C)(C)OC(=O)Nc1ccc2c(c1)c1c(N)ncnc1n2CC(=O)N1[C@@H]2C[C@@H]2C[C@H]1C(=O)Nc1cccc(Br)n1. The number of anilines is 3. The molecule has 41 heavy (non-hydrogen) atoms. The van der Waals surface area contributed by atoms with E-state index in [9.17, 15) is 14.4 Å². The van der Waals surface area contributed by atoms with Gasteiger partial charge in [-0.15, -0.1) is 0 Å². The number of halogens is 1. The van der Waals surface area contributed by atoms with Crippen LogP contribution in [0.15, 0.2) is 47.3 Å². The Bertz CT molecular complexity index is 1710. The first-order valence-corrected chi connectivity index (χ1v) is 14.0. The quantitative estimate of drug-likeness (QED) is 0.279. The lowest BCUT2D eigenvalue weighted by molar-refractivity contribution is -0.138. The Kier molecular flexibility index (Phi) is 6.56. The first-order chi connectivity index (χ1) is 19.5. The third-order valence-corrected chi connectivity index (χ3v) is 7.71. The number of nitrogen functional groups attached to an aromatic ring is 1. The van der Waals surface area contributed by atoms with Crippen molar-refractivity contribution in [2.24, 2.45) is 5.92 Å². The van der Waals surface area contributed by atoms with Gasteiger partial charge < -0.3 is 25.3 Å². The molecule has 12 nitrogen and oxygen atoms in total. The molecule has 3 amide bonds. The summed E-state index contributed by atoms with van der Waals surface area (Å²) in [6, 6.07) is 9.99. The molecule has 1 aromatic carbocycles. The van der Waals surface area contributed by atoms with Gasteiger partial charge in [-0.05, 0) is 85.8 Å². The number of benzene rings is 1. The summed E-state index contributed by atoms with van der Waals surface area (Å²) >= 11 is 3.32. The van der Waals surface area contributed by atoms with E-state index in [0.717, 1.165) is 6.42 Å². The van der Waals surface area contributed by atoms with Crippen LogP contribution in [0.25, 0.3) is 21.9 Å². The summed E-state index contributed by atoms with van der Waals surface area (Å²) in [5.41, 5.74) is 7.29. The first-order valence-electron chi connectivity index (χ1n) is 13.3. The number of pyridine rings is 1. The van der Waals surface area contributed by atoms with E-state index >= 15 is 0 Å². The van der Waals surface area contributed by atoms with Gasteiger partial charge in [0, 0.05) is 17.1 Å². The molecule has 6 rings (SSSR count). The van der Waals surface area contributed by atoms with Crippen molar-refractivity contribution in [1.29, 1.82) is 0 Å². The molecule has 3 atom stereocenters. The molecule has 1 aliphatic carbocycles. The molecule has 3 aromatic heterocycles. The van der Waals surface area contributed by atoms with Crippen LogP contribution in [0.4, 0.5) is 22.1 Å². The third kappa shape index (κ3) is 5.29. The van der Waals surface area contributed by atoms with Crippen molar-refractivity contribution in [2.45, 2.75) is 57.8 Å². The lowest BCUT2D eigenvalue weighted by Crippen LogP contribution is -2.46. The maximum Gasteiger partial charge on any atom is 0.412 e. The Morgan fingerprint density at radius 1 is 1.12 bits per heavy atom. The van der Waals surface area contributed by atoms with Crippen LogP contribution >= 0.6 is 15.9 Å². The maximum atomic E-state index is 13.8. The highest BCUT2D eigenvalue weighted by Gasteiger charge is 2.56. The second-order valence-corrected chi connectivity index (χ2v) is 12.2. The fourth-order valence-corrected chi connectivity index (χ4v) is 5.89. The number of carbonyl (C=O) groups is 3. The first kappa shape index (κ1) is 26.9. The Morgan fingerprint density at radius 2 is 1.93 bits per heavy atom. The van der Waals surface area contributed by atoms with Gasteiger partial charge in [-0.25, -0.2) is 19.7 Å². The molecular weight excluding hydrogens is 592 g/mol. The molecule has 0 spiro atoms. The van der Waals surface area contributed by atoms with Crippen LogP contribution in [-0.4, -0.2) is 60.0 Å². The van der Waals surface area contributed by atoms with Gasteiger partial charge in [0.2, 0.25) is 11.8 Å². The van der Waals surface area contributed by atoms with E-state index in [1.54, 1.807) is 66.6 Å². The zero-order valence-corrected chi connectivity index (χ0v) is 24.3. The molecule has 13 heteroatoms. The number of hydrogen-bond acceptors (Lipinski definition) is 8. The summed E-state index contributed by atoms with van der Waals surface area (Å²) in [7, 11) is 0. The second-order valence-electron chi connectivity index (χ2n) is 11.4. The third-order valence-electron chi connectivity index (χ3n) is 7.27. The van der Waals surface area contributed by atoms with Gasteiger partial charge in [-0.3, -0.25) is 14.9 Å². The molecule has 2 fully saturated rings. The zero-order chi connectivity index (χ0) is 29.1. The largest absolute Gasteiger partial charge is 0.444 e. The van der Waals surface area contributed by atoms with E-state index in [2.05, 4.69) is 41.5 Å². The maximum absolute atomic E-state index is 13.8. The van der Waals surface area contributed by atoms with Gasteiger partial charge in [0.05, 0.1) is 10.9 Å². The number of hydrogen-bond donors (Lipinski definition) is 3. The van der Waals surface area contributed by atoms with Gasteiger partial charge in [-0.1, -0.05) is 6.07 Å². The minimum atomic E-state index is -0.651. The van der Waals surface area contributed by atoms with E-state index < -0.39 is 17.7 Å². The van der Waals surface area contributed by atoms with Crippen LogP contribution in [0.3, 0.4) is 0 Å². The average Bonchev–Trinajstić information content (AvgIpc) is 3.43. The number of likely N-dealkylation sites (tertiary alicyclic amines) is 1. The number of fused-ring (bicyclic) bond motifs is 4. The number of ether oxygens (including phenoxy) is 1. The van der Waals surface area contributed by atoms with E-state index in [4.69, 9.17) is 10.5 Å². The lowest BCUT2D eigenvalue weighted by atomic mass is 10.1. The minimum absolute atomic E-state index is 0.0335. The van der Waals surface area contributed by atoms with Crippen molar-refractivity contribution in [2.75, 3.05) is 16.4 Å². The highest BCUT2D eigenvalue weighted by atomic mass is 79.9. The van der Waals surface area contributed by atoms with Crippen LogP contribution in [0.2, 0.25) is 0 Å². The Balaban J connectivity index is 1.29. The normalized spacial score (nSPS) is 19.7. The fraction of sp³-hybridized carbons (Fsp3) is 0.357. The van der Waals surface area contributed by atoms with E-state index in [1.807, 2.05) is 0 Å². The number of piperidine rings is 1. The molecule has 212 valence electrons. The molecular formula is C28H29BrN8O4. The number of amides is 3. The highest BCUT2D eigenvalue weighted by Crippen LogP contribution is 2.48. The number of carbonyl (C=O) groups excluding carboxylic acids is 3. The lowest BCUT2D eigenvalue weighted by Gasteiger charge is -2.27. The van der Waals surface area contributed by atoms with Gasteiger partial charge in [0.25, 0.3) is 0 Å². The molecule has 0 bridgehead atoms. The number of nitrogens with zero attached hydrogens (tertiary/aromatic N) is 5. The number of nitrogens with one attached hydrogen (secondary N) is 2. The van der Waals surface area contributed by atoms with Gasteiger partial charge in [0.15, 0.2) is 0 Å². The molecule has 0 radical (unpaired) electrons. The molecule has 2 aliphatic rings. The molecule has 0 unspecified atom stereocenters. The molecule has 4 heterocycles. The molecule has 4 aromatic rings. The summed E-state index contributed by atoms with van der Waals surface area (Å²) < 4.78 is 7.76. The van der Waals surface area contributed by atoms with E-state index in [0.29, 0.717) is 50.4 Å². The Morgan fingerprint density at radius 3 is 2.68 bits per heavy atom. The van der Waals surface area contributed by atoms with Crippen molar-refractivity contribution < 1.29 is 19.1 Å². The van der Waals surface area contributed by atoms with Crippen LogP contribution in [0.1, 0.15) is 33.6 Å². The summed E-state index contributed by atoms with van der Waals surface area (Å²) in [5.74, 6) is 0.528. The average molecular weight is 621 g/mol. The molecule has 1 aliphatic heterocycles. The standard InChI is InChI=1S/C28H29BrN8O4/c1-28(2,3)41-27(40)33-15-7-8-17-16(11-15)23-24(30)31-13-32-25(23)36(17)12-22(38)37-18-9-14(18)10-19(37)26(39)35-21-6-4-5-20(29)34-21/h4-8,11,13-14,18-19H,9-10,12H2,1-3H3,(H,33,40)(H2,30,31,32)(H,34,35,39)/t14-,18-,19+/m1/s1. The summed E-state index contributed by atoms with van der Waals surface area (Å²) in [5, 5.41) is 6.85. The monoisotopic (exact) mass is 620 g/mol. The minimum Gasteiger partial charge on any atom is -0.444 e. The number of aromatic nitrogens is 4. The van der Waals surface area contributed by atoms with Gasteiger partial charge >= 0.3 is 6.09 Å². The summed E-state index contributed by atoms with van der Waals surface area (Å²) in [6.07, 6.45) is 2.26. The topological polar surface area (TPSA) is 157 Å². The van der Waals surface area contributed by atoms with Gasteiger partial charge in [0.1, 0.15) is 46.4 Å². The number of rotatable bonds is 5.